The van der Waals surface area contributed by atoms with Gasteiger partial charge in [0, 0.05) is 0 Å². The highest BCUT2D eigenvalue weighted by atomic mass is 32.2. The van der Waals surface area contributed by atoms with Gasteiger partial charge in [0.15, 0.2) is 0 Å². The molecule has 0 heterocycles. The van der Waals surface area contributed by atoms with Gasteiger partial charge in [-0.25, -0.2) is 0 Å². The summed E-state index contributed by atoms with van der Waals surface area (Å²) in [5.74, 6) is -0.941. The summed E-state index contributed by atoms with van der Waals surface area (Å²) in [6.45, 7) is 2.21. The first-order valence-corrected chi connectivity index (χ1v) is 12.2. The number of unbranched alkanes of at least 4 members (excludes halogenated alkanes) is 11. The van der Waals surface area contributed by atoms with Crippen LogP contribution < -0.4 is 0 Å². The summed E-state index contributed by atoms with van der Waals surface area (Å²) in [6, 6.07) is 0. The highest BCUT2D eigenvalue weighted by Gasteiger charge is 2.27. The minimum Gasteiger partial charge on any atom is -0.286 e. The van der Waals surface area contributed by atoms with Crippen LogP contribution in [0.1, 0.15) is 90.4 Å². The van der Waals surface area contributed by atoms with Crippen molar-refractivity contribution in [3.63, 3.8) is 0 Å². The van der Waals surface area contributed by atoms with Gasteiger partial charge in [0.05, 0.1) is 5.75 Å². The van der Waals surface area contributed by atoms with Crippen LogP contribution in [0.5, 0.6) is 0 Å². The summed E-state index contributed by atoms with van der Waals surface area (Å²) in [5, 5.41) is -1.43. The molecule has 6 nitrogen and oxygen atoms in total. The first kappa shape index (κ1) is 23.8. The third-order valence-electron chi connectivity index (χ3n) is 4.20. The zero-order valence-corrected chi connectivity index (χ0v) is 16.5. The summed E-state index contributed by atoms with van der Waals surface area (Å²) in [7, 11) is -8.86. The molecule has 0 aromatic rings. The Labute approximate surface area is 147 Å². The van der Waals surface area contributed by atoms with Crippen LogP contribution >= 0.6 is 0 Å². The molecule has 0 aliphatic carbocycles. The van der Waals surface area contributed by atoms with Crippen LogP contribution in [-0.4, -0.2) is 36.9 Å². The SMILES string of the molecule is CCCCCCCCCCCCCCC(CS(=O)(=O)O)S(=O)(=O)O. The maximum absolute atomic E-state index is 11.1. The fourth-order valence-corrected chi connectivity index (χ4v) is 5.07. The Bertz CT molecular complexity index is 499. The molecule has 0 radical (unpaired) electrons. The van der Waals surface area contributed by atoms with Gasteiger partial charge in [-0.1, -0.05) is 84.0 Å². The van der Waals surface area contributed by atoms with Gasteiger partial charge in [0.2, 0.25) is 0 Å². The monoisotopic (exact) mass is 386 g/mol. The van der Waals surface area contributed by atoms with Crippen LogP contribution in [0.2, 0.25) is 0 Å². The van der Waals surface area contributed by atoms with Crippen molar-refractivity contribution in [2.75, 3.05) is 5.75 Å². The van der Waals surface area contributed by atoms with Crippen LogP contribution in [0.15, 0.2) is 0 Å². The second kappa shape index (κ2) is 13.1. The van der Waals surface area contributed by atoms with Gasteiger partial charge in [-0.3, -0.25) is 9.11 Å². The van der Waals surface area contributed by atoms with Gasteiger partial charge in [-0.15, -0.1) is 0 Å². The third kappa shape index (κ3) is 15.4. The molecule has 1 atom stereocenters. The summed E-state index contributed by atoms with van der Waals surface area (Å²) in [6.07, 6.45) is 13.6. The Morgan fingerprint density at radius 2 is 1.04 bits per heavy atom. The topological polar surface area (TPSA) is 109 Å². The molecule has 2 N–H and O–H groups in total. The van der Waals surface area contributed by atoms with Crippen molar-refractivity contribution < 1.29 is 25.9 Å². The maximum atomic E-state index is 11.1. The molecule has 0 saturated carbocycles. The van der Waals surface area contributed by atoms with Crippen molar-refractivity contribution >= 4 is 20.2 Å². The van der Waals surface area contributed by atoms with E-state index in [-0.39, 0.29) is 6.42 Å². The van der Waals surface area contributed by atoms with E-state index in [2.05, 4.69) is 6.92 Å². The average molecular weight is 387 g/mol. The molecule has 1 unspecified atom stereocenters. The Balaban J connectivity index is 3.66. The molecule has 0 rings (SSSR count). The molecule has 8 heteroatoms. The molecule has 0 saturated heterocycles. The predicted molar refractivity (Wildman–Crippen MR) is 97.4 cm³/mol. The van der Waals surface area contributed by atoms with Crippen LogP contribution in [0.25, 0.3) is 0 Å². The van der Waals surface area contributed by atoms with Crippen LogP contribution in [0, 0.1) is 0 Å². The summed E-state index contributed by atoms with van der Waals surface area (Å²) in [4.78, 5) is 0. The molecule has 0 aromatic heterocycles. The summed E-state index contributed by atoms with van der Waals surface area (Å²) >= 11 is 0. The van der Waals surface area contributed by atoms with Crippen molar-refractivity contribution in [1.82, 2.24) is 0 Å². The molecular formula is C16H34O6S2. The molecule has 0 aromatic carbocycles. The minimum atomic E-state index is -4.45. The maximum Gasteiger partial charge on any atom is 0.268 e. The van der Waals surface area contributed by atoms with Gasteiger partial charge in [0.25, 0.3) is 20.2 Å². The molecule has 0 aliphatic heterocycles. The number of hydrogen-bond acceptors (Lipinski definition) is 4. The fourth-order valence-electron chi connectivity index (χ4n) is 2.77. The normalized spacial score (nSPS) is 14.0. The average Bonchev–Trinajstić information content (AvgIpc) is 2.45. The third-order valence-corrected chi connectivity index (χ3v) is 6.48. The van der Waals surface area contributed by atoms with Gasteiger partial charge in [-0.2, -0.15) is 16.8 Å². The van der Waals surface area contributed by atoms with E-state index in [4.69, 9.17) is 9.11 Å². The van der Waals surface area contributed by atoms with E-state index in [0.29, 0.717) is 6.42 Å². The smallest absolute Gasteiger partial charge is 0.268 e. The van der Waals surface area contributed by atoms with Gasteiger partial charge < -0.3 is 0 Å². The Kier molecular flexibility index (Phi) is 13.0. The van der Waals surface area contributed by atoms with Crippen molar-refractivity contribution in [2.24, 2.45) is 0 Å². The highest BCUT2D eigenvalue weighted by Crippen LogP contribution is 2.15. The number of rotatable bonds is 16. The molecule has 0 spiro atoms. The lowest BCUT2D eigenvalue weighted by atomic mass is 10.0. The second-order valence-electron chi connectivity index (χ2n) is 6.56. The van der Waals surface area contributed by atoms with E-state index in [1.54, 1.807) is 0 Å². The Morgan fingerprint density at radius 1 is 0.667 bits per heavy atom. The van der Waals surface area contributed by atoms with E-state index >= 15 is 0 Å². The molecule has 0 fully saturated rings. The molecule has 146 valence electrons. The van der Waals surface area contributed by atoms with Crippen molar-refractivity contribution in [1.29, 1.82) is 0 Å². The largest absolute Gasteiger partial charge is 0.286 e. The molecule has 0 aliphatic rings. The predicted octanol–water partition coefficient (Wildman–Crippen LogP) is 4.22. The molecular weight excluding hydrogens is 352 g/mol. The van der Waals surface area contributed by atoms with E-state index in [9.17, 15) is 16.8 Å². The Hall–Kier alpha value is -0.180. The van der Waals surface area contributed by atoms with Crippen molar-refractivity contribution in [2.45, 2.75) is 95.6 Å². The fraction of sp³-hybridized carbons (Fsp3) is 1.00. The van der Waals surface area contributed by atoms with Gasteiger partial charge in [0.1, 0.15) is 5.25 Å². The lowest BCUT2D eigenvalue weighted by Crippen LogP contribution is -2.29. The lowest BCUT2D eigenvalue weighted by Gasteiger charge is -2.11. The van der Waals surface area contributed by atoms with Crippen LogP contribution in [-0.2, 0) is 20.2 Å². The van der Waals surface area contributed by atoms with E-state index in [1.807, 2.05) is 0 Å². The van der Waals surface area contributed by atoms with Gasteiger partial charge >= 0.3 is 0 Å². The van der Waals surface area contributed by atoms with E-state index in [0.717, 1.165) is 19.3 Å². The highest BCUT2D eigenvalue weighted by molar-refractivity contribution is 7.90. The lowest BCUT2D eigenvalue weighted by molar-refractivity contribution is 0.448. The first-order chi connectivity index (χ1) is 11.2. The quantitative estimate of drug-likeness (QED) is 0.304. The molecule has 0 bridgehead atoms. The van der Waals surface area contributed by atoms with Crippen molar-refractivity contribution in [3.05, 3.63) is 0 Å². The minimum absolute atomic E-state index is 0.0516. The first-order valence-electron chi connectivity index (χ1n) is 9.08. The van der Waals surface area contributed by atoms with E-state index in [1.165, 1.54) is 51.4 Å². The standard InChI is InChI=1S/C16H34O6S2/c1-2-3-4-5-6-7-8-9-10-11-12-13-14-16(24(20,21)22)15-23(17,18)19/h16H,2-15H2,1H3,(H,17,18,19)(H,20,21,22). The zero-order chi connectivity index (χ0) is 18.5. The van der Waals surface area contributed by atoms with Crippen molar-refractivity contribution in [3.8, 4) is 0 Å². The molecule has 24 heavy (non-hydrogen) atoms. The van der Waals surface area contributed by atoms with Crippen LogP contribution in [0.3, 0.4) is 0 Å². The molecule has 0 amide bonds. The van der Waals surface area contributed by atoms with E-state index < -0.39 is 31.2 Å². The summed E-state index contributed by atoms with van der Waals surface area (Å²) in [5.41, 5.74) is 0. The van der Waals surface area contributed by atoms with Crippen LogP contribution in [0.4, 0.5) is 0 Å². The summed E-state index contributed by atoms with van der Waals surface area (Å²) < 4.78 is 61.6. The second-order valence-corrected chi connectivity index (χ2v) is 9.76. The number of hydrogen-bond donors (Lipinski definition) is 2. The Morgan fingerprint density at radius 3 is 1.38 bits per heavy atom. The van der Waals surface area contributed by atoms with Gasteiger partial charge in [-0.05, 0) is 6.42 Å². The zero-order valence-electron chi connectivity index (χ0n) is 14.8.